The topological polar surface area (TPSA) is 95.7 Å². The summed E-state index contributed by atoms with van der Waals surface area (Å²) in [5.41, 5.74) is 8.94. The van der Waals surface area contributed by atoms with Gasteiger partial charge in [-0.05, 0) is 24.3 Å². The SMILES string of the molecule is Nc1ncn(Cc2c(Cl)cncc2Cl)c2nc(-c3ccc4occc4c3)nc1-2. The molecular formula is C19H12Cl2N6O. The summed E-state index contributed by atoms with van der Waals surface area (Å²) >= 11 is 12.5. The summed E-state index contributed by atoms with van der Waals surface area (Å²) in [6.07, 6.45) is 6.35. The van der Waals surface area contributed by atoms with Crippen molar-refractivity contribution in [3.05, 3.63) is 64.9 Å². The van der Waals surface area contributed by atoms with Crippen molar-refractivity contribution < 1.29 is 4.42 Å². The Hall–Kier alpha value is -3.16. The van der Waals surface area contributed by atoms with E-state index in [2.05, 4.69) is 19.9 Å². The lowest BCUT2D eigenvalue weighted by atomic mass is 10.1. The molecule has 28 heavy (non-hydrogen) atoms. The van der Waals surface area contributed by atoms with E-state index < -0.39 is 0 Å². The first-order valence-electron chi connectivity index (χ1n) is 8.34. The van der Waals surface area contributed by atoms with E-state index in [4.69, 9.17) is 33.4 Å². The number of aromatic nitrogens is 5. The maximum Gasteiger partial charge on any atom is 0.166 e. The number of fused-ring (bicyclic) bond motifs is 2. The van der Waals surface area contributed by atoms with Crippen LogP contribution in [0.4, 0.5) is 5.82 Å². The quantitative estimate of drug-likeness (QED) is 0.469. The van der Waals surface area contributed by atoms with Crippen molar-refractivity contribution >= 4 is 40.0 Å². The van der Waals surface area contributed by atoms with Gasteiger partial charge in [-0.15, -0.1) is 0 Å². The molecule has 0 fully saturated rings. The Kier molecular flexibility index (Phi) is 3.92. The summed E-state index contributed by atoms with van der Waals surface area (Å²) < 4.78 is 7.20. The summed E-state index contributed by atoms with van der Waals surface area (Å²) in [4.78, 5) is 17.5. The van der Waals surface area contributed by atoms with Gasteiger partial charge in [0, 0.05) is 28.9 Å². The molecule has 0 unspecified atom stereocenters. The summed E-state index contributed by atoms with van der Waals surface area (Å²) in [6, 6.07) is 7.66. The molecule has 0 amide bonds. The van der Waals surface area contributed by atoms with Gasteiger partial charge in [-0.2, -0.15) is 0 Å². The second-order valence-corrected chi connectivity index (χ2v) is 7.05. The standard InChI is InChI=1S/C19H12Cl2N6O/c20-13-6-23-7-14(21)12(13)8-27-9-24-17(22)16-19(27)26-18(25-16)11-1-2-15-10(5-11)3-4-28-15/h1-7,9H,8,22H2. The number of nitrogens with two attached hydrogens (primary N) is 1. The Labute approximate surface area is 169 Å². The fraction of sp³-hybridized carbons (Fsp3) is 0.0526. The minimum absolute atomic E-state index is 0.307. The molecule has 1 aromatic carbocycles. The van der Waals surface area contributed by atoms with Crippen molar-refractivity contribution in [3.63, 3.8) is 0 Å². The van der Waals surface area contributed by atoms with E-state index in [1.165, 1.54) is 0 Å². The van der Waals surface area contributed by atoms with E-state index in [1.54, 1.807) is 25.0 Å². The number of rotatable bonds is 3. The van der Waals surface area contributed by atoms with Crippen LogP contribution in [0.3, 0.4) is 0 Å². The second kappa shape index (κ2) is 6.47. The van der Waals surface area contributed by atoms with Gasteiger partial charge in [-0.3, -0.25) is 4.98 Å². The highest BCUT2D eigenvalue weighted by atomic mass is 35.5. The van der Waals surface area contributed by atoms with E-state index in [0.717, 1.165) is 22.1 Å². The minimum atomic E-state index is 0.307. The number of nitrogens with zero attached hydrogens (tertiary/aromatic N) is 5. The van der Waals surface area contributed by atoms with Gasteiger partial charge in [0.25, 0.3) is 0 Å². The second-order valence-electron chi connectivity index (χ2n) is 6.23. The van der Waals surface area contributed by atoms with E-state index in [0.29, 0.717) is 39.8 Å². The van der Waals surface area contributed by atoms with Gasteiger partial charge < -0.3 is 14.7 Å². The first kappa shape index (κ1) is 17.0. The minimum Gasteiger partial charge on any atom is -0.464 e. The fourth-order valence-corrected chi connectivity index (χ4v) is 3.55. The zero-order valence-corrected chi connectivity index (χ0v) is 15.8. The molecule has 0 radical (unpaired) electrons. The molecule has 2 aromatic heterocycles. The number of benzene rings is 1. The molecule has 4 heterocycles. The van der Waals surface area contributed by atoms with Crippen LogP contribution in [0.25, 0.3) is 33.9 Å². The molecule has 0 saturated carbocycles. The van der Waals surface area contributed by atoms with Crippen molar-refractivity contribution in [3.8, 4) is 22.9 Å². The van der Waals surface area contributed by atoms with Gasteiger partial charge in [0.15, 0.2) is 23.2 Å². The molecule has 138 valence electrons. The number of pyridine rings is 1. The maximum atomic E-state index is 6.26. The molecule has 3 aromatic rings. The van der Waals surface area contributed by atoms with Crippen molar-refractivity contribution in [1.29, 1.82) is 0 Å². The number of hydrogen-bond acceptors (Lipinski definition) is 6. The van der Waals surface area contributed by atoms with Crippen molar-refractivity contribution in [2.75, 3.05) is 5.73 Å². The van der Waals surface area contributed by atoms with Crippen LogP contribution in [0.15, 0.2) is 53.7 Å². The van der Waals surface area contributed by atoms with Crippen LogP contribution in [0, 0.1) is 0 Å². The van der Waals surface area contributed by atoms with Gasteiger partial charge >= 0.3 is 0 Å². The highest BCUT2D eigenvalue weighted by molar-refractivity contribution is 6.35. The Morgan fingerprint density at radius 2 is 1.89 bits per heavy atom. The maximum absolute atomic E-state index is 6.26. The highest BCUT2D eigenvalue weighted by Gasteiger charge is 2.21. The molecule has 2 aliphatic heterocycles. The van der Waals surface area contributed by atoms with E-state index in [1.807, 2.05) is 28.8 Å². The first-order valence-corrected chi connectivity index (χ1v) is 9.09. The number of hydrogen-bond donors (Lipinski definition) is 1. The van der Waals surface area contributed by atoms with Crippen LogP contribution < -0.4 is 5.73 Å². The van der Waals surface area contributed by atoms with Crippen LogP contribution in [-0.4, -0.2) is 24.5 Å². The molecule has 2 aliphatic rings. The number of anilines is 1. The van der Waals surface area contributed by atoms with Crippen LogP contribution in [0.2, 0.25) is 10.0 Å². The molecule has 7 nitrogen and oxygen atoms in total. The number of nitrogen functional groups attached to an aromatic ring is 1. The predicted octanol–water partition coefficient (Wildman–Crippen LogP) is 4.52. The highest BCUT2D eigenvalue weighted by Crippen LogP contribution is 2.31. The Bertz CT molecular complexity index is 1270. The molecule has 0 saturated heterocycles. The third-order valence-corrected chi connectivity index (χ3v) is 5.14. The van der Waals surface area contributed by atoms with Gasteiger partial charge in [0.1, 0.15) is 5.58 Å². The summed E-state index contributed by atoms with van der Waals surface area (Å²) in [5.74, 6) is 1.46. The third kappa shape index (κ3) is 2.76. The average Bonchev–Trinajstić information content (AvgIpc) is 3.33. The van der Waals surface area contributed by atoms with E-state index in [-0.39, 0.29) is 0 Å². The lowest BCUT2D eigenvalue weighted by molar-refractivity contribution is 0.616. The van der Waals surface area contributed by atoms with Gasteiger partial charge in [0.2, 0.25) is 0 Å². The van der Waals surface area contributed by atoms with Crippen LogP contribution in [0.1, 0.15) is 5.56 Å². The van der Waals surface area contributed by atoms with Crippen molar-refractivity contribution in [2.45, 2.75) is 6.54 Å². The smallest absolute Gasteiger partial charge is 0.166 e. The summed E-state index contributed by atoms with van der Waals surface area (Å²) in [6.45, 7) is 0.364. The van der Waals surface area contributed by atoms with Crippen molar-refractivity contribution in [1.82, 2.24) is 24.5 Å². The zero-order chi connectivity index (χ0) is 19.3. The Balaban J connectivity index is 1.63. The van der Waals surface area contributed by atoms with Crippen LogP contribution >= 0.6 is 23.2 Å². The van der Waals surface area contributed by atoms with Crippen LogP contribution in [0.5, 0.6) is 0 Å². The molecule has 2 N–H and O–H groups in total. The first-order chi connectivity index (χ1) is 13.6. The molecule has 5 rings (SSSR count). The largest absolute Gasteiger partial charge is 0.464 e. The normalized spacial score (nSPS) is 11.5. The molecule has 0 spiro atoms. The monoisotopic (exact) mass is 410 g/mol. The fourth-order valence-electron chi connectivity index (χ4n) is 3.06. The van der Waals surface area contributed by atoms with E-state index >= 15 is 0 Å². The lowest BCUT2D eigenvalue weighted by Gasteiger charge is -2.13. The van der Waals surface area contributed by atoms with E-state index in [9.17, 15) is 0 Å². The average molecular weight is 411 g/mol. The number of furan rings is 1. The Morgan fingerprint density at radius 1 is 1.07 bits per heavy atom. The Morgan fingerprint density at radius 3 is 2.71 bits per heavy atom. The predicted molar refractivity (Wildman–Crippen MR) is 107 cm³/mol. The lowest BCUT2D eigenvalue weighted by Crippen LogP contribution is -2.10. The van der Waals surface area contributed by atoms with Crippen LogP contribution in [-0.2, 0) is 6.54 Å². The molecule has 9 heteroatoms. The number of imidazole rings is 1. The van der Waals surface area contributed by atoms with Gasteiger partial charge in [-0.25, -0.2) is 15.0 Å². The van der Waals surface area contributed by atoms with Gasteiger partial charge in [0.05, 0.1) is 29.2 Å². The molecule has 0 bridgehead atoms. The number of halogens is 2. The van der Waals surface area contributed by atoms with Gasteiger partial charge in [-0.1, -0.05) is 23.2 Å². The molecule has 0 aliphatic carbocycles. The summed E-state index contributed by atoms with van der Waals surface area (Å²) in [7, 11) is 0. The summed E-state index contributed by atoms with van der Waals surface area (Å²) in [5, 5.41) is 1.91. The third-order valence-electron chi connectivity index (χ3n) is 4.48. The molecular weight excluding hydrogens is 399 g/mol. The zero-order valence-electron chi connectivity index (χ0n) is 14.3. The molecule has 0 atom stereocenters. The van der Waals surface area contributed by atoms with Crippen molar-refractivity contribution in [2.24, 2.45) is 0 Å².